The molecule has 10 heavy (non-hydrogen) atoms. The van der Waals surface area contributed by atoms with Gasteiger partial charge in [0.1, 0.15) is 0 Å². The number of rotatable bonds is 0. The van der Waals surface area contributed by atoms with E-state index >= 15 is 0 Å². The molecule has 0 unspecified atom stereocenters. The van der Waals surface area contributed by atoms with Gasteiger partial charge >= 0.3 is 0 Å². The summed E-state index contributed by atoms with van der Waals surface area (Å²) in [5.41, 5.74) is -0.458. The molecule has 0 aromatic heterocycles. The van der Waals surface area contributed by atoms with E-state index in [0.29, 0.717) is 5.92 Å². The highest BCUT2D eigenvalue weighted by atomic mass is 16.5. The lowest BCUT2D eigenvalue weighted by Crippen LogP contribution is -2.37. The Morgan fingerprint density at radius 1 is 1.60 bits per heavy atom. The first-order valence-corrected chi connectivity index (χ1v) is 4.07. The monoisotopic (exact) mass is 142 g/mol. The first-order chi connectivity index (χ1) is 4.73. The summed E-state index contributed by atoms with van der Waals surface area (Å²) >= 11 is 0. The largest absolute Gasteiger partial charge is 0.387 e. The van der Waals surface area contributed by atoms with Crippen LogP contribution in [-0.4, -0.2) is 23.4 Å². The summed E-state index contributed by atoms with van der Waals surface area (Å²) < 4.78 is 5.44. The first kappa shape index (κ1) is 6.62. The second-order valence-corrected chi connectivity index (χ2v) is 3.61. The molecule has 1 saturated carbocycles. The van der Waals surface area contributed by atoms with Gasteiger partial charge in [-0.15, -0.1) is 0 Å². The van der Waals surface area contributed by atoms with Gasteiger partial charge in [-0.2, -0.15) is 0 Å². The van der Waals surface area contributed by atoms with Crippen molar-refractivity contribution in [3.63, 3.8) is 0 Å². The predicted octanol–water partition coefficient (Wildman–Crippen LogP) is 0.936. The Morgan fingerprint density at radius 2 is 2.40 bits per heavy atom. The normalized spacial score (nSPS) is 53.4. The van der Waals surface area contributed by atoms with Crippen LogP contribution in [0.15, 0.2) is 0 Å². The second-order valence-electron chi connectivity index (χ2n) is 3.61. The van der Waals surface area contributed by atoms with Gasteiger partial charge in [0, 0.05) is 5.92 Å². The van der Waals surface area contributed by atoms with Crippen LogP contribution in [0.4, 0.5) is 0 Å². The molecule has 0 amide bonds. The molecule has 1 aliphatic heterocycles. The molecular weight excluding hydrogens is 128 g/mol. The maximum absolute atomic E-state index is 9.97. The molecule has 0 aromatic rings. The van der Waals surface area contributed by atoms with E-state index in [1.165, 1.54) is 0 Å². The van der Waals surface area contributed by atoms with Crippen LogP contribution in [0.5, 0.6) is 0 Å². The van der Waals surface area contributed by atoms with E-state index in [9.17, 15) is 5.11 Å². The number of hydrogen-bond acceptors (Lipinski definition) is 2. The van der Waals surface area contributed by atoms with Crippen molar-refractivity contribution in [2.45, 2.75) is 37.9 Å². The molecule has 2 aliphatic rings. The van der Waals surface area contributed by atoms with Gasteiger partial charge in [-0.25, -0.2) is 0 Å². The number of ether oxygens (including phenoxy) is 1. The van der Waals surface area contributed by atoms with Gasteiger partial charge in [-0.1, -0.05) is 6.92 Å². The minimum atomic E-state index is -0.458. The summed E-state index contributed by atoms with van der Waals surface area (Å²) in [6.07, 6.45) is 3.29. The Kier molecular flexibility index (Phi) is 1.29. The van der Waals surface area contributed by atoms with Gasteiger partial charge in [-0.05, 0) is 19.3 Å². The standard InChI is InChI=1S/C8H14O2/c1-6-5-10-7-3-2-4-8(6,7)9/h6-7,9H,2-5H2,1H3/t6-,7-,8+/m0/s1. The fraction of sp³-hybridized carbons (Fsp3) is 1.00. The lowest BCUT2D eigenvalue weighted by molar-refractivity contribution is -0.0274. The van der Waals surface area contributed by atoms with Gasteiger partial charge in [0.25, 0.3) is 0 Å². The maximum atomic E-state index is 9.97. The van der Waals surface area contributed by atoms with Crippen molar-refractivity contribution in [2.75, 3.05) is 6.61 Å². The Balaban J connectivity index is 2.21. The highest BCUT2D eigenvalue weighted by molar-refractivity contribution is 5.00. The van der Waals surface area contributed by atoms with Crippen molar-refractivity contribution in [3.05, 3.63) is 0 Å². The second kappa shape index (κ2) is 1.95. The fourth-order valence-corrected chi connectivity index (χ4v) is 2.18. The molecule has 58 valence electrons. The summed E-state index contributed by atoms with van der Waals surface area (Å²) in [6.45, 7) is 2.83. The summed E-state index contributed by atoms with van der Waals surface area (Å²) in [7, 11) is 0. The van der Waals surface area contributed by atoms with Crippen LogP contribution in [0.25, 0.3) is 0 Å². The molecule has 1 heterocycles. The van der Waals surface area contributed by atoms with Crippen molar-refractivity contribution in [3.8, 4) is 0 Å². The lowest BCUT2D eigenvalue weighted by atomic mass is 9.89. The highest BCUT2D eigenvalue weighted by Gasteiger charge is 2.50. The van der Waals surface area contributed by atoms with Crippen molar-refractivity contribution in [2.24, 2.45) is 5.92 Å². The summed E-state index contributed by atoms with van der Waals surface area (Å²) in [5, 5.41) is 9.97. The van der Waals surface area contributed by atoms with Gasteiger partial charge in [0.05, 0.1) is 18.3 Å². The van der Waals surface area contributed by atoms with Crippen molar-refractivity contribution >= 4 is 0 Å². The van der Waals surface area contributed by atoms with Crippen LogP contribution in [0.1, 0.15) is 26.2 Å². The quantitative estimate of drug-likeness (QED) is 0.545. The minimum absolute atomic E-state index is 0.155. The molecule has 0 radical (unpaired) electrons. The summed E-state index contributed by atoms with van der Waals surface area (Å²) in [4.78, 5) is 0. The molecule has 2 fully saturated rings. The molecular formula is C8H14O2. The van der Waals surface area contributed by atoms with Crippen LogP contribution in [0.3, 0.4) is 0 Å². The smallest absolute Gasteiger partial charge is 0.0955 e. The van der Waals surface area contributed by atoms with E-state index in [-0.39, 0.29) is 6.10 Å². The van der Waals surface area contributed by atoms with Gasteiger partial charge in [-0.3, -0.25) is 0 Å². The van der Waals surface area contributed by atoms with Crippen LogP contribution in [0, 0.1) is 5.92 Å². The van der Waals surface area contributed by atoms with Crippen molar-refractivity contribution in [1.29, 1.82) is 0 Å². The SMILES string of the molecule is C[C@H]1CO[C@H]2CCC[C@]21O. The van der Waals surface area contributed by atoms with Crippen LogP contribution >= 0.6 is 0 Å². The zero-order chi connectivity index (χ0) is 7.19. The molecule has 1 saturated heterocycles. The molecule has 2 heteroatoms. The van der Waals surface area contributed by atoms with Crippen molar-refractivity contribution in [1.82, 2.24) is 0 Å². The van der Waals surface area contributed by atoms with Gasteiger partial charge < -0.3 is 9.84 Å². The van der Waals surface area contributed by atoms with E-state index < -0.39 is 5.60 Å². The average Bonchev–Trinajstić information content (AvgIpc) is 2.36. The molecule has 2 nitrogen and oxygen atoms in total. The Morgan fingerprint density at radius 3 is 3.10 bits per heavy atom. The molecule has 0 spiro atoms. The first-order valence-electron chi connectivity index (χ1n) is 4.07. The predicted molar refractivity (Wildman–Crippen MR) is 37.7 cm³/mol. The third-order valence-corrected chi connectivity index (χ3v) is 3.00. The molecule has 0 bridgehead atoms. The van der Waals surface area contributed by atoms with E-state index in [1.807, 2.05) is 0 Å². The molecule has 1 aliphatic carbocycles. The fourth-order valence-electron chi connectivity index (χ4n) is 2.18. The Bertz CT molecular complexity index is 146. The van der Waals surface area contributed by atoms with Gasteiger partial charge in [0.2, 0.25) is 0 Å². The Labute approximate surface area is 61.2 Å². The zero-order valence-corrected chi connectivity index (χ0v) is 6.34. The molecule has 3 atom stereocenters. The lowest BCUT2D eigenvalue weighted by Gasteiger charge is -2.24. The van der Waals surface area contributed by atoms with E-state index in [2.05, 4.69) is 6.92 Å². The highest BCUT2D eigenvalue weighted by Crippen LogP contribution is 2.42. The Hall–Kier alpha value is -0.0800. The van der Waals surface area contributed by atoms with Crippen LogP contribution in [0.2, 0.25) is 0 Å². The van der Waals surface area contributed by atoms with Crippen LogP contribution in [-0.2, 0) is 4.74 Å². The number of hydrogen-bond donors (Lipinski definition) is 1. The van der Waals surface area contributed by atoms with Crippen molar-refractivity contribution < 1.29 is 9.84 Å². The molecule has 2 rings (SSSR count). The summed E-state index contributed by atoms with van der Waals surface area (Å²) in [5.74, 6) is 0.347. The zero-order valence-electron chi connectivity index (χ0n) is 6.34. The average molecular weight is 142 g/mol. The van der Waals surface area contributed by atoms with E-state index in [1.54, 1.807) is 0 Å². The topological polar surface area (TPSA) is 29.5 Å². The molecule has 0 aromatic carbocycles. The minimum Gasteiger partial charge on any atom is -0.387 e. The number of fused-ring (bicyclic) bond motifs is 1. The van der Waals surface area contributed by atoms with E-state index in [4.69, 9.17) is 4.74 Å². The third kappa shape index (κ3) is 0.663. The maximum Gasteiger partial charge on any atom is 0.0955 e. The number of aliphatic hydroxyl groups is 1. The molecule has 1 N–H and O–H groups in total. The third-order valence-electron chi connectivity index (χ3n) is 3.00. The summed E-state index contributed by atoms with van der Waals surface area (Å²) in [6, 6.07) is 0. The van der Waals surface area contributed by atoms with E-state index in [0.717, 1.165) is 25.9 Å². The van der Waals surface area contributed by atoms with Gasteiger partial charge in [0.15, 0.2) is 0 Å². The van der Waals surface area contributed by atoms with Crippen LogP contribution < -0.4 is 0 Å².